The zero-order chi connectivity index (χ0) is 22.0. The van der Waals surface area contributed by atoms with Crippen molar-refractivity contribution in [1.29, 1.82) is 0 Å². The van der Waals surface area contributed by atoms with Crippen molar-refractivity contribution < 1.29 is 29.4 Å². The van der Waals surface area contributed by atoms with Gasteiger partial charge in [-0.3, -0.25) is 14.4 Å². The smallest absolute Gasteiger partial charge is 0.328 e. The van der Waals surface area contributed by atoms with Crippen molar-refractivity contribution in [3.05, 3.63) is 35.9 Å². The van der Waals surface area contributed by atoms with E-state index in [9.17, 15) is 19.2 Å². The van der Waals surface area contributed by atoms with Crippen LogP contribution in [0.5, 0.6) is 0 Å². The molecule has 3 unspecified atom stereocenters. The van der Waals surface area contributed by atoms with E-state index in [2.05, 4.69) is 16.0 Å². The minimum Gasteiger partial charge on any atom is -0.480 e. The molecule has 160 valence electrons. The van der Waals surface area contributed by atoms with E-state index in [1.54, 1.807) is 13.8 Å². The van der Waals surface area contributed by atoms with Crippen LogP contribution in [0.3, 0.4) is 0 Å². The van der Waals surface area contributed by atoms with E-state index in [-0.39, 0.29) is 12.5 Å². The molecular weight excluding hydrogens is 380 g/mol. The summed E-state index contributed by atoms with van der Waals surface area (Å²) in [5, 5.41) is 24.9. The number of amides is 3. The van der Waals surface area contributed by atoms with E-state index in [4.69, 9.17) is 15.9 Å². The van der Waals surface area contributed by atoms with E-state index in [1.807, 2.05) is 30.3 Å². The number of carbonyl (C=O) groups excluding carboxylic acids is 3. The third-order valence-corrected chi connectivity index (χ3v) is 4.12. The fraction of sp³-hybridized carbons (Fsp3) is 0.474. The molecule has 10 nitrogen and oxygen atoms in total. The van der Waals surface area contributed by atoms with Gasteiger partial charge in [-0.25, -0.2) is 4.79 Å². The van der Waals surface area contributed by atoms with Gasteiger partial charge in [-0.15, -0.1) is 0 Å². The molecule has 0 heterocycles. The Kier molecular flexibility index (Phi) is 9.76. The Balaban J connectivity index is 2.55. The number of rotatable bonds is 11. The summed E-state index contributed by atoms with van der Waals surface area (Å²) in [6, 6.07) is 5.83. The number of aliphatic hydroxyl groups excluding tert-OH is 1. The minimum absolute atomic E-state index is 0.309. The summed E-state index contributed by atoms with van der Waals surface area (Å²) < 4.78 is 0. The number of carboxylic acid groups (broad SMARTS) is 1. The first-order valence-electron chi connectivity index (χ1n) is 9.16. The molecule has 3 atom stereocenters. The molecule has 0 fully saturated rings. The summed E-state index contributed by atoms with van der Waals surface area (Å²) in [4.78, 5) is 47.4. The average Bonchev–Trinajstić information content (AvgIpc) is 2.68. The van der Waals surface area contributed by atoms with Gasteiger partial charge in [0, 0.05) is 0 Å². The molecule has 10 heteroatoms. The standard InChI is InChI=1S/C19H28N4O6/c1-11(2)16(18(27)22-14(10-24)19(28)29)23-15(25)9-21-17(26)13(20)8-12-6-4-3-5-7-12/h3-7,11,13-14,16,24H,8-10,20H2,1-2H3,(H,21,26)(H,22,27)(H,23,25)(H,28,29). The lowest BCUT2D eigenvalue weighted by atomic mass is 10.0. The number of carboxylic acids is 1. The normalized spacial score (nSPS) is 13.8. The van der Waals surface area contributed by atoms with Gasteiger partial charge < -0.3 is 31.9 Å². The Morgan fingerprint density at radius 2 is 1.66 bits per heavy atom. The van der Waals surface area contributed by atoms with Crippen molar-refractivity contribution >= 4 is 23.7 Å². The Morgan fingerprint density at radius 3 is 2.17 bits per heavy atom. The maximum absolute atomic E-state index is 12.2. The van der Waals surface area contributed by atoms with Crippen LogP contribution in [0.2, 0.25) is 0 Å². The van der Waals surface area contributed by atoms with Crippen LogP contribution in [0, 0.1) is 5.92 Å². The molecule has 0 aliphatic rings. The van der Waals surface area contributed by atoms with E-state index in [0.29, 0.717) is 6.42 Å². The van der Waals surface area contributed by atoms with Crippen LogP contribution in [-0.4, -0.2) is 65.2 Å². The van der Waals surface area contributed by atoms with Gasteiger partial charge in [-0.05, 0) is 17.9 Å². The highest BCUT2D eigenvalue weighted by atomic mass is 16.4. The molecule has 1 aromatic rings. The number of carbonyl (C=O) groups is 4. The summed E-state index contributed by atoms with van der Waals surface area (Å²) in [5.41, 5.74) is 6.73. The summed E-state index contributed by atoms with van der Waals surface area (Å²) in [5.74, 6) is -3.64. The number of aliphatic hydroxyl groups is 1. The zero-order valence-electron chi connectivity index (χ0n) is 16.4. The highest BCUT2D eigenvalue weighted by molar-refractivity contribution is 5.92. The van der Waals surface area contributed by atoms with Crippen LogP contribution in [0.15, 0.2) is 30.3 Å². The number of nitrogens with two attached hydrogens (primary N) is 1. The Labute approximate surface area is 168 Å². The topological polar surface area (TPSA) is 171 Å². The van der Waals surface area contributed by atoms with Gasteiger partial charge in [0.2, 0.25) is 17.7 Å². The molecular formula is C19H28N4O6. The maximum atomic E-state index is 12.2. The van der Waals surface area contributed by atoms with Crippen LogP contribution in [0.1, 0.15) is 19.4 Å². The Hall–Kier alpha value is -2.98. The number of nitrogens with one attached hydrogen (secondary N) is 3. The van der Waals surface area contributed by atoms with Crippen LogP contribution in [0.25, 0.3) is 0 Å². The highest BCUT2D eigenvalue weighted by Crippen LogP contribution is 2.03. The molecule has 0 saturated carbocycles. The quantitative estimate of drug-likeness (QED) is 0.255. The first-order chi connectivity index (χ1) is 13.6. The number of hydrogen-bond acceptors (Lipinski definition) is 6. The number of aliphatic carboxylic acids is 1. The van der Waals surface area contributed by atoms with Crippen LogP contribution < -0.4 is 21.7 Å². The molecule has 1 aromatic carbocycles. The fourth-order valence-electron chi connectivity index (χ4n) is 2.47. The summed E-state index contributed by atoms with van der Waals surface area (Å²) in [6.45, 7) is 2.15. The molecule has 0 aliphatic carbocycles. The Morgan fingerprint density at radius 1 is 1.03 bits per heavy atom. The molecule has 0 radical (unpaired) electrons. The summed E-state index contributed by atoms with van der Waals surface area (Å²) >= 11 is 0. The molecule has 3 amide bonds. The third-order valence-electron chi connectivity index (χ3n) is 4.12. The number of hydrogen-bond donors (Lipinski definition) is 6. The molecule has 7 N–H and O–H groups in total. The van der Waals surface area contributed by atoms with Crippen LogP contribution >= 0.6 is 0 Å². The Bertz CT molecular complexity index is 710. The third kappa shape index (κ3) is 8.28. The average molecular weight is 408 g/mol. The molecule has 29 heavy (non-hydrogen) atoms. The van der Waals surface area contributed by atoms with Crippen LogP contribution in [0.4, 0.5) is 0 Å². The van der Waals surface area contributed by atoms with Crippen molar-refractivity contribution in [2.45, 2.75) is 38.4 Å². The zero-order valence-corrected chi connectivity index (χ0v) is 16.4. The highest BCUT2D eigenvalue weighted by Gasteiger charge is 2.28. The second kappa shape index (κ2) is 11.8. The molecule has 0 saturated heterocycles. The van der Waals surface area contributed by atoms with Gasteiger partial charge in [-0.1, -0.05) is 44.2 Å². The summed E-state index contributed by atoms with van der Waals surface area (Å²) in [7, 11) is 0. The molecule has 0 bridgehead atoms. The van der Waals surface area contributed by atoms with Gasteiger partial charge >= 0.3 is 5.97 Å². The van der Waals surface area contributed by atoms with Gasteiger partial charge in [0.15, 0.2) is 0 Å². The predicted octanol–water partition coefficient (Wildman–Crippen LogP) is -1.62. The largest absolute Gasteiger partial charge is 0.480 e. The van der Waals surface area contributed by atoms with E-state index in [1.165, 1.54) is 0 Å². The van der Waals surface area contributed by atoms with Gasteiger partial charge in [0.25, 0.3) is 0 Å². The lowest BCUT2D eigenvalue weighted by molar-refractivity contribution is -0.143. The second-order valence-corrected chi connectivity index (χ2v) is 6.89. The monoisotopic (exact) mass is 408 g/mol. The lowest BCUT2D eigenvalue weighted by Crippen LogP contribution is -2.56. The SMILES string of the molecule is CC(C)C(NC(=O)CNC(=O)C(N)Cc1ccccc1)C(=O)NC(CO)C(=O)O. The first-order valence-corrected chi connectivity index (χ1v) is 9.16. The molecule has 0 aliphatic heterocycles. The predicted molar refractivity (Wildman–Crippen MR) is 105 cm³/mol. The van der Waals surface area contributed by atoms with E-state index in [0.717, 1.165) is 5.56 Å². The van der Waals surface area contributed by atoms with Gasteiger partial charge in [0.1, 0.15) is 12.1 Å². The van der Waals surface area contributed by atoms with Gasteiger partial charge in [0.05, 0.1) is 19.2 Å². The minimum atomic E-state index is -1.48. The van der Waals surface area contributed by atoms with Gasteiger partial charge in [-0.2, -0.15) is 0 Å². The molecule has 0 spiro atoms. The van der Waals surface area contributed by atoms with Crippen molar-refractivity contribution in [1.82, 2.24) is 16.0 Å². The second-order valence-electron chi connectivity index (χ2n) is 6.89. The van der Waals surface area contributed by atoms with Crippen molar-refractivity contribution in [2.24, 2.45) is 11.7 Å². The van der Waals surface area contributed by atoms with Crippen LogP contribution in [-0.2, 0) is 25.6 Å². The van der Waals surface area contributed by atoms with Crippen molar-refractivity contribution in [2.75, 3.05) is 13.2 Å². The maximum Gasteiger partial charge on any atom is 0.328 e. The lowest BCUT2D eigenvalue weighted by Gasteiger charge is -2.23. The van der Waals surface area contributed by atoms with E-state index >= 15 is 0 Å². The first kappa shape index (κ1) is 24.1. The number of benzene rings is 1. The van der Waals surface area contributed by atoms with Crippen molar-refractivity contribution in [3.8, 4) is 0 Å². The van der Waals surface area contributed by atoms with Crippen molar-refractivity contribution in [3.63, 3.8) is 0 Å². The fourth-order valence-corrected chi connectivity index (χ4v) is 2.47. The van der Waals surface area contributed by atoms with E-state index < -0.39 is 48.4 Å². The molecule has 0 aromatic heterocycles. The summed E-state index contributed by atoms with van der Waals surface area (Å²) in [6.07, 6.45) is 0.309. The molecule has 1 rings (SSSR count).